The van der Waals surface area contributed by atoms with Gasteiger partial charge in [0.1, 0.15) is 5.75 Å². The van der Waals surface area contributed by atoms with Gasteiger partial charge in [-0.3, -0.25) is 14.5 Å². The Labute approximate surface area is 173 Å². The van der Waals surface area contributed by atoms with Crippen molar-refractivity contribution in [2.45, 2.75) is 32.9 Å². The molecule has 0 unspecified atom stereocenters. The molecule has 2 aromatic heterocycles. The highest BCUT2D eigenvalue weighted by atomic mass is 32.1. The maximum Gasteiger partial charge on any atom is 0.224 e. The Balaban J connectivity index is 1.65. The third-order valence-electron chi connectivity index (χ3n) is 4.38. The van der Waals surface area contributed by atoms with Crippen LogP contribution in [0.3, 0.4) is 0 Å². The van der Waals surface area contributed by atoms with Crippen molar-refractivity contribution in [1.29, 1.82) is 0 Å². The molecular weight excluding hydrogens is 394 g/mol. The Bertz CT molecular complexity index is 990. The molecule has 1 amide bonds. The lowest BCUT2D eigenvalue weighted by Gasteiger charge is -2.16. The average Bonchev–Trinajstić information content (AvgIpc) is 3.32. The smallest absolute Gasteiger partial charge is 0.224 e. The fourth-order valence-corrected chi connectivity index (χ4v) is 3.76. The van der Waals surface area contributed by atoms with Crippen molar-refractivity contribution in [3.63, 3.8) is 0 Å². The Morgan fingerprint density at radius 3 is 2.75 bits per heavy atom. The normalized spacial score (nSPS) is 10.8. The number of carbonyl (C=O) groups excluding carboxylic acids is 1. The number of H-pyrrole nitrogens is 1. The van der Waals surface area contributed by atoms with Crippen molar-refractivity contribution in [3.05, 3.63) is 45.1 Å². The summed E-state index contributed by atoms with van der Waals surface area (Å²) < 4.78 is 7.54. The SMILES string of the molecule is CCc1nc(CN(C)C(=O)CCn2c(-c3ccc(OC)cc3)n[nH]c2=S)cs1. The van der Waals surface area contributed by atoms with Gasteiger partial charge in [0.15, 0.2) is 10.6 Å². The summed E-state index contributed by atoms with van der Waals surface area (Å²) in [5, 5.41) is 10.2. The largest absolute Gasteiger partial charge is 0.497 e. The van der Waals surface area contributed by atoms with E-state index >= 15 is 0 Å². The van der Waals surface area contributed by atoms with Crippen LogP contribution in [0.4, 0.5) is 0 Å². The van der Waals surface area contributed by atoms with Crippen LogP contribution in [0.15, 0.2) is 29.6 Å². The van der Waals surface area contributed by atoms with Gasteiger partial charge in [0.25, 0.3) is 0 Å². The third kappa shape index (κ3) is 4.66. The minimum absolute atomic E-state index is 0.0369. The molecule has 0 spiro atoms. The number of aryl methyl sites for hydroxylation is 1. The van der Waals surface area contributed by atoms with Crippen LogP contribution in [0, 0.1) is 4.77 Å². The van der Waals surface area contributed by atoms with Gasteiger partial charge in [0.2, 0.25) is 5.91 Å². The van der Waals surface area contributed by atoms with E-state index in [2.05, 4.69) is 22.1 Å². The van der Waals surface area contributed by atoms with Crippen molar-refractivity contribution in [2.75, 3.05) is 14.2 Å². The molecular formula is C19H23N5O2S2. The number of nitrogens with one attached hydrogen (secondary N) is 1. The van der Waals surface area contributed by atoms with E-state index in [9.17, 15) is 4.79 Å². The van der Waals surface area contributed by atoms with Gasteiger partial charge < -0.3 is 9.64 Å². The maximum absolute atomic E-state index is 12.6. The highest BCUT2D eigenvalue weighted by Gasteiger charge is 2.14. The molecule has 2 heterocycles. The van der Waals surface area contributed by atoms with Crippen LogP contribution < -0.4 is 4.74 Å². The van der Waals surface area contributed by atoms with Crippen LogP contribution in [0.25, 0.3) is 11.4 Å². The van der Waals surface area contributed by atoms with Gasteiger partial charge in [-0.15, -0.1) is 11.3 Å². The molecule has 0 atom stereocenters. The first-order valence-corrected chi connectivity index (χ1v) is 10.3. The van der Waals surface area contributed by atoms with Gasteiger partial charge >= 0.3 is 0 Å². The van der Waals surface area contributed by atoms with Gasteiger partial charge in [-0.2, -0.15) is 5.10 Å². The summed E-state index contributed by atoms with van der Waals surface area (Å²) in [5.41, 5.74) is 1.83. The standard InChI is InChI=1S/C19H23N5O2S2/c1-4-16-20-14(12-28-16)11-23(2)17(25)9-10-24-18(21-22-19(24)27)13-5-7-15(26-3)8-6-13/h5-8,12H,4,9-11H2,1-3H3,(H,22,27). The molecule has 0 aliphatic heterocycles. The number of aromatic amines is 1. The van der Waals surface area contributed by atoms with E-state index in [1.807, 2.05) is 34.2 Å². The maximum atomic E-state index is 12.6. The Kier molecular flexibility index (Phi) is 6.58. The van der Waals surface area contributed by atoms with Crippen molar-refractivity contribution >= 4 is 29.5 Å². The number of hydrogen-bond donors (Lipinski definition) is 1. The van der Waals surface area contributed by atoms with Crippen molar-refractivity contribution < 1.29 is 9.53 Å². The summed E-state index contributed by atoms with van der Waals surface area (Å²) in [6.45, 7) is 3.04. The zero-order valence-corrected chi connectivity index (χ0v) is 17.8. The number of thiazole rings is 1. The van der Waals surface area contributed by atoms with Crippen molar-refractivity contribution in [1.82, 2.24) is 24.6 Å². The van der Waals surface area contributed by atoms with Gasteiger partial charge in [0, 0.05) is 31.0 Å². The van der Waals surface area contributed by atoms with Crippen molar-refractivity contribution in [2.24, 2.45) is 0 Å². The van der Waals surface area contributed by atoms with Crippen LogP contribution in [0.2, 0.25) is 0 Å². The Morgan fingerprint density at radius 2 is 2.11 bits per heavy atom. The molecule has 3 rings (SSSR count). The highest BCUT2D eigenvalue weighted by Crippen LogP contribution is 2.21. The first-order chi connectivity index (χ1) is 13.5. The van der Waals surface area contributed by atoms with E-state index in [1.165, 1.54) is 0 Å². The molecule has 0 saturated heterocycles. The first-order valence-electron chi connectivity index (χ1n) is 8.98. The number of amides is 1. The number of benzene rings is 1. The van der Waals surface area contributed by atoms with Gasteiger partial charge in [-0.25, -0.2) is 4.98 Å². The number of ether oxygens (including phenoxy) is 1. The van der Waals surface area contributed by atoms with E-state index < -0.39 is 0 Å². The molecule has 0 saturated carbocycles. The fourth-order valence-electron chi connectivity index (χ4n) is 2.80. The molecule has 7 nitrogen and oxygen atoms in total. The van der Waals surface area contributed by atoms with Crippen LogP contribution >= 0.6 is 23.6 Å². The predicted molar refractivity (Wildman–Crippen MR) is 112 cm³/mol. The number of carbonyl (C=O) groups is 1. The molecule has 0 radical (unpaired) electrons. The lowest BCUT2D eigenvalue weighted by molar-refractivity contribution is -0.130. The lowest BCUT2D eigenvalue weighted by Crippen LogP contribution is -2.27. The summed E-state index contributed by atoms with van der Waals surface area (Å²) >= 11 is 6.98. The summed E-state index contributed by atoms with van der Waals surface area (Å²) in [6, 6.07) is 7.58. The van der Waals surface area contributed by atoms with Crippen LogP contribution in [0.1, 0.15) is 24.0 Å². The molecule has 0 bridgehead atoms. The average molecular weight is 418 g/mol. The number of nitrogens with zero attached hydrogens (tertiary/aromatic N) is 4. The van der Waals surface area contributed by atoms with Crippen LogP contribution in [-0.2, 0) is 24.3 Å². The predicted octanol–water partition coefficient (Wildman–Crippen LogP) is 3.68. The summed E-state index contributed by atoms with van der Waals surface area (Å²) in [6.07, 6.45) is 1.24. The monoisotopic (exact) mass is 417 g/mol. The lowest BCUT2D eigenvalue weighted by atomic mass is 10.2. The second kappa shape index (κ2) is 9.11. The summed E-state index contributed by atoms with van der Waals surface area (Å²) in [7, 11) is 3.42. The molecule has 1 aromatic carbocycles. The minimum atomic E-state index is 0.0369. The zero-order chi connectivity index (χ0) is 20.1. The van der Waals surface area contributed by atoms with E-state index in [0.29, 0.717) is 30.1 Å². The van der Waals surface area contributed by atoms with E-state index in [-0.39, 0.29) is 5.91 Å². The van der Waals surface area contributed by atoms with E-state index in [0.717, 1.165) is 28.4 Å². The molecule has 0 aliphatic rings. The van der Waals surface area contributed by atoms with E-state index in [4.69, 9.17) is 17.0 Å². The number of methoxy groups -OCH3 is 1. The Morgan fingerprint density at radius 1 is 1.36 bits per heavy atom. The summed E-state index contributed by atoms with van der Waals surface area (Å²) in [4.78, 5) is 18.8. The fraction of sp³-hybridized carbons (Fsp3) is 0.368. The van der Waals surface area contributed by atoms with Gasteiger partial charge in [0.05, 0.1) is 24.4 Å². The second-order valence-electron chi connectivity index (χ2n) is 6.32. The Hall–Kier alpha value is -2.52. The quantitative estimate of drug-likeness (QED) is 0.566. The molecule has 9 heteroatoms. The molecule has 0 aliphatic carbocycles. The van der Waals surface area contributed by atoms with Gasteiger partial charge in [-0.05, 0) is 42.9 Å². The molecule has 1 N–H and O–H groups in total. The summed E-state index contributed by atoms with van der Waals surface area (Å²) in [5.74, 6) is 1.51. The van der Waals surface area contributed by atoms with Crippen LogP contribution in [-0.4, -0.2) is 44.7 Å². The third-order valence-corrected chi connectivity index (χ3v) is 5.74. The molecule has 148 valence electrons. The number of aromatic nitrogens is 4. The molecule has 0 fully saturated rings. The number of hydrogen-bond acceptors (Lipinski definition) is 6. The van der Waals surface area contributed by atoms with E-state index in [1.54, 1.807) is 30.4 Å². The zero-order valence-electron chi connectivity index (χ0n) is 16.1. The molecule has 28 heavy (non-hydrogen) atoms. The van der Waals surface area contributed by atoms with Crippen molar-refractivity contribution in [3.8, 4) is 17.1 Å². The minimum Gasteiger partial charge on any atom is -0.497 e. The first kappa shape index (κ1) is 20.2. The molecule has 3 aromatic rings. The highest BCUT2D eigenvalue weighted by molar-refractivity contribution is 7.71. The number of rotatable bonds is 8. The van der Waals surface area contributed by atoms with Crippen LogP contribution in [0.5, 0.6) is 5.75 Å². The topological polar surface area (TPSA) is 76.0 Å². The second-order valence-corrected chi connectivity index (χ2v) is 7.65. The van der Waals surface area contributed by atoms with Gasteiger partial charge in [-0.1, -0.05) is 6.92 Å².